The zero-order chi connectivity index (χ0) is 17.3. The molecule has 0 unspecified atom stereocenters. The Kier molecular flexibility index (Phi) is 6.16. The molecule has 0 bridgehead atoms. The zero-order valence-corrected chi connectivity index (χ0v) is 15.5. The molecule has 0 aliphatic heterocycles. The highest BCUT2D eigenvalue weighted by molar-refractivity contribution is 5.01. The standard InChI is InChI=1S/C20H37FO2/c1-5-20(23,6-2)18(21)12-9-14(3)15-10-11-16-17(22)8-7-13-19(15,16)4/h14-18,22-23H,5-13H2,1-4H3/t14-,15-,16+,17+,18-,19-/m1/s1. The molecule has 0 aromatic heterocycles. The predicted octanol–water partition coefficient (Wildman–Crippen LogP) is 4.87. The van der Waals surface area contributed by atoms with E-state index in [0.29, 0.717) is 37.0 Å². The largest absolute Gasteiger partial charge is 0.393 e. The number of rotatable bonds is 7. The van der Waals surface area contributed by atoms with E-state index in [2.05, 4.69) is 13.8 Å². The first-order valence-corrected chi connectivity index (χ1v) is 9.83. The number of aliphatic hydroxyl groups is 2. The van der Waals surface area contributed by atoms with Crippen LogP contribution in [0.4, 0.5) is 4.39 Å². The van der Waals surface area contributed by atoms with Gasteiger partial charge in [-0.15, -0.1) is 0 Å². The molecule has 23 heavy (non-hydrogen) atoms. The molecule has 0 saturated heterocycles. The van der Waals surface area contributed by atoms with E-state index in [0.717, 1.165) is 25.7 Å². The van der Waals surface area contributed by atoms with Crippen LogP contribution < -0.4 is 0 Å². The van der Waals surface area contributed by atoms with E-state index in [4.69, 9.17) is 0 Å². The number of hydrogen-bond donors (Lipinski definition) is 2. The topological polar surface area (TPSA) is 40.5 Å². The summed E-state index contributed by atoms with van der Waals surface area (Å²) in [6.07, 6.45) is 6.57. The van der Waals surface area contributed by atoms with E-state index < -0.39 is 11.8 Å². The van der Waals surface area contributed by atoms with E-state index in [1.165, 1.54) is 12.8 Å². The lowest BCUT2D eigenvalue weighted by atomic mass is 9.61. The van der Waals surface area contributed by atoms with Gasteiger partial charge in [-0.3, -0.25) is 0 Å². The minimum Gasteiger partial charge on any atom is -0.393 e. The molecular formula is C20H37FO2. The number of aliphatic hydroxyl groups excluding tert-OH is 1. The molecule has 2 aliphatic carbocycles. The molecule has 0 spiro atoms. The van der Waals surface area contributed by atoms with E-state index in [-0.39, 0.29) is 11.5 Å². The summed E-state index contributed by atoms with van der Waals surface area (Å²) in [4.78, 5) is 0. The van der Waals surface area contributed by atoms with E-state index in [9.17, 15) is 14.6 Å². The Bertz CT molecular complexity index is 382. The Morgan fingerprint density at radius 1 is 1.17 bits per heavy atom. The summed E-state index contributed by atoms with van der Waals surface area (Å²) in [7, 11) is 0. The Hall–Kier alpha value is -0.150. The van der Waals surface area contributed by atoms with Crippen molar-refractivity contribution in [3.63, 3.8) is 0 Å². The minimum absolute atomic E-state index is 0.134. The van der Waals surface area contributed by atoms with Crippen LogP contribution in [0.2, 0.25) is 0 Å². The normalized spacial score (nSPS) is 37.4. The second-order valence-electron chi connectivity index (χ2n) is 8.59. The van der Waals surface area contributed by atoms with Gasteiger partial charge in [-0.2, -0.15) is 0 Å². The van der Waals surface area contributed by atoms with Crippen LogP contribution in [0.1, 0.15) is 85.5 Å². The van der Waals surface area contributed by atoms with Crippen LogP contribution in [0.25, 0.3) is 0 Å². The maximum Gasteiger partial charge on any atom is 0.129 e. The third-order valence-electron chi connectivity index (χ3n) is 7.53. The summed E-state index contributed by atoms with van der Waals surface area (Å²) < 4.78 is 14.5. The third-order valence-corrected chi connectivity index (χ3v) is 7.53. The molecule has 0 radical (unpaired) electrons. The van der Waals surface area contributed by atoms with Gasteiger partial charge in [0.2, 0.25) is 0 Å². The van der Waals surface area contributed by atoms with Crippen LogP contribution in [-0.2, 0) is 0 Å². The molecule has 2 nitrogen and oxygen atoms in total. The molecule has 2 aliphatic rings. The molecule has 6 atom stereocenters. The maximum atomic E-state index is 14.5. The second-order valence-corrected chi connectivity index (χ2v) is 8.59. The molecule has 2 N–H and O–H groups in total. The fourth-order valence-electron chi connectivity index (χ4n) is 5.70. The highest BCUT2D eigenvalue weighted by atomic mass is 19.1. The quantitative estimate of drug-likeness (QED) is 0.700. The van der Waals surface area contributed by atoms with Gasteiger partial charge in [0.25, 0.3) is 0 Å². The lowest BCUT2D eigenvalue weighted by Crippen LogP contribution is -2.42. The van der Waals surface area contributed by atoms with E-state index in [1.54, 1.807) is 0 Å². The lowest BCUT2D eigenvalue weighted by Gasteiger charge is -2.45. The van der Waals surface area contributed by atoms with Gasteiger partial charge in [0.15, 0.2) is 0 Å². The van der Waals surface area contributed by atoms with Crippen LogP contribution in [-0.4, -0.2) is 28.1 Å². The summed E-state index contributed by atoms with van der Waals surface area (Å²) in [6.45, 7) is 8.34. The van der Waals surface area contributed by atoms with Crippen LogP contribution in [0.15, 0.2) is 0 Å². The molecule has 2 saturated carbocycles. The van der Waals surface area contributed by atoms with E-state index in [1.807, 2.05) is 13.8 Å². The van der Waals surface area contributed by atoms with Gasteiger partial charge in [0.1, 0.15) is 6.17 Å². The van der Waals surface area contributed by atoms with Crippen molar-refractivity contribution in [1.29, 1.82) is 0 Å². The number of hydrogen-bond acceptors (Lipinski definition) is 2. The van der Waals surface area contributed by atoms with Crippen LogP contribution in [0.5, 0.6) is 0 Å². The summed E-state index contributed by atoms with van der Waals surface area (Å²) in [5.41, 5.74) is -0.919. The average Bonchev–Trinajstić information content (AvgIpc) is 2.90. The summed E-state index contributed by atoms with van der Waals surface area (Å²) in [6, 6.07) is 0. The molecule has 0 aromatic carbocycles. The van der Waals surface area contributed by atoms with Crippen LogP contribution >= 0.6 is 0 Å². The first-order valence-electron chi connectivity index (χ1n) is 9.83. The van der Waals surface area contributed by atoms with Gasteiger partial charge in [0.05, 0.1) is 11.7 Å². The average molecular weight is 329 g/mol. The van der Waals surface area contributed by atoms with Gasteiger partial charge in [-0.1, -0.05) is 34.1 Å². The lowest BCUT2D eigenvalue weighted by molar-refractivity contribution is -0.0512. The number of halogens is 1. The van der Waals surface area contributed by atoms with Crippen molar-refractivity contribution in [3.8, 4) is 0 Å². The fraction of sp³-hybridized carbons (Fsp3) is 1.00. The van der Waals surface area contributed by atoms with Crippen molar-refractivity contribution in [2.45, 2.75) is 103 Å². The summed E-state index contributed by atoms with van der Waals surface area (Å²) in [5.74, 6) is 1.49. The highest BCUT2D eigenvalue weighted by Crippen LogP contribution is 2.58. The minimum atomic E-state index is -1.15. The predicted molar refractivity (Wildman–Crippen MR) is 93.0 cm³/mol. The van der Waals surface area contributed by atoms with Crippen molar-refractivity contribution in [2.75, 3.05) is 0 Å². The Morgan fingerprint density at radius 3 is 2.43 bits per heavy atom. The first kappa shape index (κ1) is 19.2. The van der Waals surface area contributed by atoms with Gasteiger partial charge >= 0.3 is 0 Å². The summed E-state index contributed by atoms with van der Waals surface area (Å²) >= 11 is 0. The molecule has 2 rings (SSSR count). The van der Waals surface area contributed by atoms with E-state index >= 15 is 0 Å². The molecule has 0 aromatic rings. The highest BCUT2D eigenvalue weighted by Gasteiger charge is 2.52. The first-order chi connectivity index (χ1) is 10.8. The Morgan fingerprint density at radius 2 is 1.83 bits per heavy atom. The maximum absolute atomic E-state index is 14.5. The summed E-state index contributed by atoms with van der Waals surface area (Å²) in [5, 5.41) is 20.7. The molecular weight excluding hydrogens is 291 g/mol. The third kappa shape index (κ3) is 3.61. The van der Waals surface area contributed by atoms with Crippen molar-refractivity contribution in [3.05, 3.63) is 0 Å². The van der Waals surface area contributed by atoms with Crippen LogP contribution in [0.3, 0.4) is 0 Å². The Labute approximate surface area is 141 Å². The Balaban J connectivity index is 1.95. The monoisotopic (exact) mass is 328 g/mol. The van der Waals surface area contributed by atoms with Crippen LogP contribution in [0, 0.1) is 23.2 Å². The van der Waals surface area contributed by atoms with Crippen molar-refractivity contribution < 1.29 is 14.6 Å². The number of fused-ring (bicyclic) bond motifs is 1. The number of alkyl halides is 1. The molecule has 0 amide bonds. The molecule has 0 heterocycles. The van der Waals surface area contributed by atoms with Gasteiger partial charge in [-0.25, -0.2) is 4.39 Å². The SMILES string of the molecule is CCC(O)(CC)[C@H](F)CC[C@@H](C)[C@H]1CC[C@H]2[C@@H](O)CCC[C@]12C. The molecule has 2 fully saturated rings. The molecule has 3 heteroatoms. The second kappa shape index (κ2) is 7.39. The smallest absolute Gasteiger partial charge is 0.129 e. The molecule has 136 valence electrons. The van der Waals surface area contributed by atoms with Gasteiger partial charge in [0, 0.05) is 0 Å². The van der Waals surface area contributed by atoms with Gasteiger partial charge < -0.3 is 10.2 Å². The van der Waals surface area contributed by atoms with Crippen molar-refractivity contribution in [2.24, 2.45) is 23.2 Å². The van der Waals surface area contributed by atoms with Gasteiger partial charge in [-0.05, 0) is 74.5 Å². The zero-order valence-electron chi connectivity index (χ0n) is 15.5. The fourth-order valence-corrected chi connectivity index (χ4v) is 5.70. The van der Waals surface area contributed by atoms with Crippen molar-refractivity contribution >= 4 is 0 Å². The van der Waals surface area contributed by atoms with Crippen molar-refractivity contribution in [1.82, 2.24) is 0 Å².